The smallest absolute Gasteiger partial charge is 0.279 e. The quantitative estimate of drug-likeness (QED) is 0.170. The van der Waals surface area contributed by atoms with Gasteiger partial charge in [-0.3, -0.25) is 4.55 Å². The van der Waals surface area contributed by atoms with E-state index in [2.05, 4.69) is 0 Å². The lowest BCUT2D eigenvalue weighted by Crippen LogP contribution is -2.21. The molecule has 0 saturated carbocycles. The Labute approximate surface area is 153 Å². The molecule has 0 unspecified atom stereocenters. The van der Waals surface area contributed by atoms with Crippen molar-refractivity contribution in [3.05, 3.63) is 54.6 Å². The average Bonchev–Trinajstić information content (AvgIpc) is 2.51. The third kappa shape index (κ3) is 5.75. The topological polar surface area (TPSA) is 54.4 Å². The molecule has 0 aliphatic rings. The second-order valence-electron chi connectivity index (χ2n) is 5.15. The summed E-state index contributed by atoms with van der Waals surface area (Å²) in [7, 11) is -5.84. The van der Waals surface area contributed by atoms with Crippen LogP contribution in [0.25, 0.3) is 21.5 Å². The van der Waals surface area contributed by atoms with Crippen molar-refractivity contribution in [3.63, 3.8) is 0 Å². The summed E-state index contributed by atoms with van der Waals surface area (Å²) in [6.45, 7) is 0. The van der Waals surface area contributed by atoms with Crippen molar-refractivity contribution in [1.29, 1.82) is 0 Å². The first-order valence-electron chi connectivity index (χ1n) is 6.99. The lowest BCUT2D eigenvalue weighted by molar-refractivity contribution is -0.0510. The van der Waals surface area contributed by atoms with Crippen molar-refractivity contribution in [2.75, 3.05) is 0 Å². The second-order valence-corrected chi connectivity index (χ2v) is 7.67. The normalized spacial score (nSPS) is 12.7. The number of halogens is 6. The average molecular weight is 428 g/mol. The molecule has 3 aromatic rings. The van der Waals surface area contributed by atoms with E-state index in [1.54, 1.807) is 6.07 Å². The molecular formula is C16H10F6O3S2. The molecule has 0 aromatic heterocycles. The zero-order chi connectivity index (χ0) is 20.5. The van der Waals surface area contributed by atoms with Gasteiger partial charge in [-0.2, -0.15) is 34.8 Å². The fourth-order valence-corrected chi connectivity index (χ4v) is 2.83. The molecule has 0 saturated heterocycles. The van der Waals surface area contributed by atoms with E-state index in [1.807, 2.05) is 42.5 Å². The maximum absolute atomic E-state index is 12.5. The summed E-state index contributed by atoms with van der Waals surface area (Å²) in [6, 6.07) is 16.4. The van der Waals surface area contributed by atoms with Crippen LogP contribution in [0.3, 0.4) is 0 Å². The highest BCUT2D eigenvalue weighted by molar-refractivity contribution is 8.00. The summed E-state index contributed by atoms with van der Waals surface area (Å²) in [4.78, 5) is 0.246. The molecule has 1 N–H and O–H groups in total. The van der Waals surface area contributed by atoms with Crippen molar-refractivity contribution in [1.82, 2.24) is 0 Å². The predicted molar refractivity (Wildman–Crippen MR) is 91.0 cm³/mol. The summed E-state index contributed by atoms with van der Waals surface area (Å²) in [5.74, 6) is 0. The van der Waals surface area contributed by atoms with Crippen LogP contribution in [0.1, 0.15) is 0 Å². The Morgan fingerprint density at radius 1 is 0.778 bits per heavy atom. The SMILES string of the molecule is FC(F)(F)Sc1cccc2cc3ccccc3cc12.O=S(=O)(O)C(F)(F)F. The minimum absolute atomic E-state index is 0.0612. The molecule has 0 amide bonds. The van der Waals surface area contributed by atoms with E-state index >= 15 is 0 Å². The molecule has 0 spiro atoms. The van der Waals surface area contributed by atoms with Crippen LogP contribution in [0.2, 0.25) is 0 Å². The number of benzene rings is 3. The molecule has 3 nitrogen and oxygen atoms in total. The van der Waals surface area contributed by atoms with Crippen LogP contribution in [-0.2, 0) is 10.1 Å². The third-order valence-electron chi connectivity index (χ3n) is 3.22. The van der Waals surface area contributed by atoms with Crippen LogP contribution in [0, 0.1) is 0 Å². The Morgan fingerprint density at radius 3 is 1.74 bits per heavy atom. The molecule has 0 bridgehead atoms. The second kappa shape index (κ2) is 7.56. The van der Waals surface area contributed by atoms with Gasteiger partial charge in [-0.15, -0.1) is 0 Å². The van der Waals surface area contributed by atoms with Gasteiger partial charge in [-0.1, -0.05) is 36.4 Å². The van der Waals surface area contributed by atoms with E-state index in [1.165, 1.54) is 6.07 Å². The van der Waals surface area contributed by atoms with Gasteiger partial charge in [0.2, 0.25) is 0 Å². The molecule has 0 fully saturated rings. The number of hydrogen-bond donors (Lipinski definition) is 1. The molecule has 146 valence electrons. The van der Waals surface area contributed by atoms with Crippen LogP contribution in [-0.4, -0.2) is 24.0 Å². The fourth-order valence-electron chi connectivity index (χ4n) is 2.15. The van der Waals surface area contributed by atoms with E-state index < -0.39 is 21.1 Å². The summed E-state index contributed by atoms with van der Waals surface area (Å²) in [6.07, 6.45) is 0. The molecule has 3 rings (SSSR count). The van der Waals surface area contributed by atoms with Gasteiger partial charge in [0.15, 0.2) is 0 Å². The minimum atomic E-state index is -5.84. The number of thioether (sulfide) groups is 1. The van der Waals surface area contributed by atoms with Gasteiger partial charge in [0.1, 0.15) is 0 Å². The number of alkyl halides is 6. The first-order chi connectivity index (χ1) is 12.3. The monoisotopic (exact) mass is 428 g/mol. The van der Waals surface area contributed by atoms with E-state index in [0.29, 0.717) is 5.39 Å². The minimum Gasteiger partial charge on any atom is -0.279 e. The van der Waals surface area contributed by atoms with E-state index in [9.17, 15) is 26.3 Å². The fraction of sp³-hybridized carbons (Fsp3) is 0.125. The van der Waals surface area contributed by atoms with Gasteiger partial charge in [-0.25, -0.2) is 0 Å². The van der Waals surface area contributed by atoms with Crippen LogP contribution < -0.4 is 0 Å². The Morgan fingerprint density at radius 2 is 1.26 bits per heavy atom. The highest BCUT2D eigenvalue weighted by Gasteiger charge is 2.44. The van der Waals surface area contributed by atoms with Crippen molar-refractivity contribution in [2.45, 2.75) is 15.9 Å². The molecule has 0 atom stereocenters. The van der Waals surface area contributed by atoms with Gasteiger partial charge in [0.05, 0.1) is 0 Å². The molecule has 27 heavy (non-hydrogen) atoms. The highest BCUT2D eigenvalue weighted by atomic mass is 32.2. The number of hydrogen-bond acceptors (Lipinski definition) is 3. The van der Waals surface area contributed by atoms with Crippen LogP contribution in [0.5, 0.6) is 0 Å². The molecule has 0 radical (unpaired) electrons. The summed E-state index contributed by atoms with van der Waals surface area (Å²) < 4.78 is 95.2. The summed E-state index contributed by atoms with van der Waals surface area (Å²) >= 11 is -0.0612. The van der Waals surface area contributed by atoms with Crippen molar-refractivity contribution < 1.29 is 39.3 Å². The van der Waals surface area contributed by atoms with E-state index in [0.717, 1.165) is 16.2 Å². The van der Waals surface area contributed by atoms with E-state index in [-0.39, 0.29) is 16.7 Å². The van der Waals surface area contributed by atoms with E-state index in [4.69, 9.17) is 13.0 Å². The van der Waals surface area contributed by atoms with Gasteiger partial charge < -0.3 is 0 Å². The summed E-state index contributed by atoms with van der Waals surface area (Å²) in [5, 5.41) is 3.45. The number of fused-ring (bicyclic) bond motifs is 2. The van der Waals surface area contributed by atoms with Gasteiger partial charge in [0, 0.05) is 4.90 Å². The van der Waals surface area contributed by atoms with Crippen molar-refractivity contribution in [3.8, 4) is 0 Å². The maximum Gasteiger partial charge on any atom is 0.522 e. The van der Waals surface area contributed by atoms with Crippen LogP contribution in [0.15, 0.2) is 59.5 Å². The van der Waals surface area contributed by atoms with Crippen LogP contribution in [0.4, 0.5) is 26.3 Å². The van der Waals surface area contributed by atoms with Gasteiger partial charge in [0.25, 0.3) is 0 Å². The van der Waals surface area contributed by atoms with Crippen molar-refractivity contribution >= 4 is 43.4 Å². The molecule has 11 heteroatoms. The third-order valence-corrected chi connectivity index (χ3v) is 4.62. The Hall–Kier alpha value is -1.98. The molecular weight excluding hydrogens is 418 g/mol. The first kappa shape index (κ1) is 21.3. The Bertz CT molecular complexity index is 1060. The zero-order valence-electron chi connectivity index (χ0n) is 13.0. The van der Waals surface area contributed by atoms with Gasteiger partial charge in [-0.05, 0) is 51.5 Å². The maximum atomic E-state index is 12.5. The number of rotatable bonds is 1. The summed E-state index contributed by atoms with van der Waals surface area (Å²) in [5.41, 5.74) is -9.80. The van der Waals surface area contributed by atoms with Gasteiger partial charge >= 0.3 is 21.1 Å². The molecule has 0 aliphatic heterocycles. The lowest BCUT2D eigenvalue weighted by Gasteiger charge is -2.09. The largest absolute Gasteiger partial charge is 0.522 e. The predicted octanol–water partition coefficient (Wildman–Crippen LogP) is 6.00. The zero-order valence-corrected chi connectivity index (χ0v) is 14.7. The first-order valence-corrected chi connectivity index (χ1v) is 9.24. The van der Waals surface area contributed by atoms with Crippen LogP contribution >= 0.6 is 11.8 Å². The molecule has 0 aliphatic carbocycles. The standard InChI is InChI=1S/C15H9F3S.CHF3O3S/c16-15(17,18)19-14-7-3-6-12-8-10-4-1-2-5-11(10)9-13(12)14;2-1(3,4)8(5,6)7/h1-9H;(H,5,6,7). The Kier molecular flexibility index (Phi) is 5.97. The molecule has 0 heterocycles. The highest BCUT2D eigenvalue weighted by Crippen LogP contribution is 2.40. The Balaban J connectivity index is 0.000000279. The lowest BCUT2D eigenvalue weighted by atomic mass is 10.0. The van der Waals surface area contributed by atoms with Crippen molar-refractivity contribution in [2.24, 2.45) is 0 Å². The molecule has 3 aromatic carbocycles.